The third kappa shape index (κ3) is 3.31. The third-order valence-corrected chi connectivity index (χ3v) is 3.67. The Labute approximate surface area is 143 Å². The van der Waals surface area contributed by atoms with Gasteiger partial charge in [-0.05, 0) is 31.2 Å². The predicted molar refractivity (Wildman–Crippen MR) is 91.2 cm³/mol. The van der Waals surface area contributed by atoms with Crippen molar-refractivity contribution in [3.05, 3.63) is 70.8 Å². The first-order valence-electron chi connectivity index (χ1n) is 7.46. The first-order valence-corrected chi connectivity index (χ1v) is 7.46. The SMILES string of the molecule is Cc1ccc(-c2noc(NC(=O)c3ccc(C#N)cc3)c2C=O)cc1. The van der Waals surface area contributed by atoms with Crippen LogP contribution in [-0.2, 0) is 0 Å². The number of hydrogen-bond donors (Lipinski definition) is 1. The Hall–Kier alpha value is -3.72. The highest BCUT2D eigenvalue weighted by Crippen LogP contribution is 2.28. The highest BCUT2D eigenvalue weighted by molar-refractivity contribution is 6.06. The van der Waals surface area contributed by atoms with Gasteiger partial charge in [0.2, 0.25) is 5.88 Å². The van der Waals surface area contributed by atoms with Crippen LogP contribution in [0.15, 0.2) is 53.1 Å². The number of carbonyl (C=O) groups is 2. The lowest BCUT2D eigenvalue weighted by molar-refractivity contribution is 0.102. The molecule has 1 N–H and O–H groups in total. The van der Waals surface area contributed by atoms with E-state index in [1.54, 1.807) is 0 Å². The van der Waals surface area contributed by atoms with Crippen LogP contribution in [0.4, 0.5) is 5.88 Å². The molecule has 0 saturated carbocycles. The fourth-order valence-electron chi connectivity index (χ4n) is 2.29. The second kappa shape index (κ2) is 6.81. The van der Waals surface area contributed by atoms with Gasteiger partial charge in [-0.3, -0.25) is 14.9 Å². The predicted octanol–water partition coefficient (Wildman–Crippen LogP) is 3.59. The van der Waals surface area contributed by atoms with Gasteiger partial charge in [0, 0.05) is 11.1 Å². The largest absolute Gasteiger partial charge is 0.337 e. The number of rotatable bonds is 4. The van der Waals surface area contributed by atoms with E-state index < -0.39 is 5.91 Å². The van der Waals surface area contributed by atoms with E-state index in [1.807, 2.05) is 37.3 Å². The summed E-state index contributed by atoms with van der Waals surface area (Å²) in [6.45, 7) is 1.95. The van der Waals surface area contributed by atoms with Crippen molar-refractivity contribution in [2.75, 3.05) is 5.32 Å². The van der Waals surface area contributed by atoms with Gasteiger partial charge in [-0.25, -0.2) is 0 Å². The van der Waals surface area contributed by atoms with Gasteiger partial charge < -0.3 is 4.52 Å². The quantitative estimate of drug-likeness (QED) is 0.737. The van der Waals surface area contributed by atoms with Crippen LogP contribution in [0.1, 0.15) is 31.8 Å². The summed E-state index contributed by atoms with van der Waals surface area (Å²) in [4.78, 5) is 23.7. The minimum Gasteiger partial charge on any atom is -0.337 e. The normalized spacial score (nSPS) is 10.1. The molecule has 0 aliphatic carbocycles. The molecule has 0 aliphatic rings. The molecule has 0 spiro atoms. The summed E-state index contributed by atoms with van der Waals surface area (Å²) in [6, 6.07) is 15.5. The molecule has 0 unspecified atom stereocenters. The van der Waals surface area contributed by atoms with Crippen LogP contribution in [0.25, 0.3) is 11.3 Å². The lowest BCUT2D eigenvalue weighted by atomic mass is 10.1. The summed E-state index contributed by atoms with van der Waals surface area (Å²) in [6.07, 6.45) is 0.597. The molecule has 3 aromatic rings. The van der Waals surface area contributed by atoms with Crippen molar-refractivity contribution in [3.63, 3.8) is 0 Å². The Bertz CT molecular complexity index is 965. The number of hydrogen-bond acceptors (Lipinski definition) is 5. The zero-order valence-corrected chi connectivity index (χ0v) is 13.3. The second-order valence-electron chi connectivity index (χ2n) is 5.40. The smallest absolute Gasteiger partial charge is 0.258 e. The van der Waals surface area contributed by atoms with Gasteiger partial charge in [0.05, 0.1) is 11.6 Å². The second-order valence-corrected chi connectivity index (χ2v) is 5.40. The number of aldehydes is 1. The van der Waals surface area contributed by atoms with Crippen molar-refractivity contribution < 1.29 is 14.1 Å². The molecule has 3 rings (SSSR count). The van der Waals surface area contributed by atoms with Gasteiger partial charge >= 0.3 is 0 Å². The molecule has 25 heavy (non-hydrogen) atoms. The molecule has 0 saturated heterocycles. The zero-order valence-electron chi connectivity index (χ0n) is 13.3. The summed E-state index contributed by atoms with van der Waals surface area (Å²) in [7, 11) is 0. The van der Waals surface area contributed by atoms with E-state index in [2.05, 4.69) is 10.5 Å². The van der Waals surface area contributed by atoms with Gasteiger partial charge in [0.15, 0.2) is 6.29 Å². The zero-order chi connectivity index (χ0) is 17.8. The monoisotopic (exact) mass is 331 g/mol. The summed E-state index contributed by atoms with van der Waals surface area (Å²) in [5.41, 5.74) is 3.12. The summed E-state index contributed by atoms with van der Waals surface area (Å²) >= 11 is 0. The molecule has 122 valence electrons. The number of anilines is 1. The van der Waals surface area contributed by atoms with Crippen LogP contribution in [-0.4, -0.2) is 17.4 Å². The fourth-order valence-corrected chi connectivity index (χ4v) is 2.29. The molecule has 1 aromatic heterocycles. The average Bonchev–Trinajstić information content (AvgIpc) is 3.05. The van der Waals surface area contributed by atoms with Crippen LogP contribution >= 0.6 is 0 Å². The third-order valence-electron chi connectivity index (χ3n) is 3.67. The van der Waals surface area contributed by atoms with Gasteiger partial charge in [-0.15, -0.1) is 0 Å². The summed E-state index contributed by atoms with van der Waals surface area (Å²) < 4.78 is 5.14. The van der Waals surface area contributed by atoms with Crippen molar-refractivity contribution in [1.29, 1.82) is 5.26 Å². The van der Waals surface area contributed by atoms with Crippen molar-refractivity contribution in [2.24, 2.45) is 0 Å². The molecule has 6 nitrogen and oxygen atoms in total. The maximum absolute atomic E-state index is 12.3. The van der Waals surface area contributed by atoms with Gasteiger partial charge in [-0.1, -0.05) is 35.0 Å². The molecule has 0 fully saturated rings. The maximum atomic E-state index is 12.3. The highest BCUT2D eigenvalue weighted by Gasteiger charge is 2.19. The first-order chi connectivity index (χ1) is 12.1. The molecule has 1 heterocycles. The molecule has 0 atom stereocenters. The van der Waals surface area contributed by atoms with E-state index in [0.29, 0.717) is 23.1 Å². The highest BCUT2D eigenvalue weighted by atomic mass is 16.5. The molecule has 0 radical (unpaired) electrons. The molecular formula is C19H13N3O3. The Morgan fingerprint density at radius 3 is 2.44 bits per heavy atom. The molecule has 1 amide bonds. The summed E-state index contributed by atoms with van der Waals surface area (Å²) in [5, 5.41) is 15.2. The van der Waals surface area contributed by atoms with Crippen molar-refractivity contribution in [2.45, 2.75) is 6.92 Å². The minimum atomic E-state index is -0.459. The maximum Gasteiger partial charge on any atom is 0.258 e. The van der Waals surface area contributed by atoms with Gasteiger partial charge in [0.25, 0.3) is 5.91 Å². The Morgan fingerprint density at radius 1 is 1.16 bits per heavy atom. The van der Waals surface area contributed by atoms with Crippen LogP contribution < -0.4 is 5.32 Å². The van der Waals surface area contributed by atoms with E-state index in [4.69, 9.17) is 9.78 Å². The van der Waals surface area contributed by atoms with Crippen LogP contribution in [0, 0.1) is 18.3 Å². The van der Waals surface area contributed by atoms with E-state index in [1.165, 1.54) is 24.3 Å². The number of nitrogens with one attached hydrogen (secondary N) is 1. The van der Waals surface area contributed by atoms with Crippen molar-refractivity contribution in [3.8, 4) is 17.3 Å². The summed E-state index contributed by atoms with van der Waals surface area (Å²) in [5.74, 6) is -0.473. The van der Waals surface area contributed by atoms with Gasteiger partial charge in [-0.2, -0.15) is 5.26 Å². The Morgan fingerprint density at radius 2 is 1.84 bits per heavy atom. The number of aryl methyl sites for hydroxylation is 1. The first kappa shape index (κ1) is 16.1. The van der Waals surface area contributed by atoms with E-state index >= 15 is 0 Å². The molecule has 0 bridgehead atoms. The van der Waals surface area contributed by atoms with E-state index in [9.17, 15) is 9.59 Å². The van der Waals surface area contributed by atoms with Crippen LogP contribution in [0.2, 0.25) is 0 Å². The van der Waals surface area contributed by atoms with Crippen LogP contribution in [0.5, 0.6) is 0 Å². The number of carbonyl (C=O) groups excluding carboxylic acids is 2. The van der Waals surface area contributed by atoms with E-state index in [0.717, 1.165) is 11.1 Å². The number of nitrogens with zero attached hydrogens (tertiary/aromatic N) is 2. The molecule has 2 aromatic carbocycles. The van der Waals surface area contributed by atoms with Crippen molar-refractivity contribution in [1.82, 2.24) is 5.16 Å². The van der Waals surface area contributed by atoms with Crippen molar-refractivity contribution >= 4 is 18.1 Å². The topological polar surface area (TPSA) is 96.0 Å². The minimum absolute atomic E-state index is 0.0139. The number of nitriles is 1. The fraction of sp³-hybridized carbons (Fsp3) is 0.0526. The van der Waals surface area contributed by atoms with E-state index in [-0.39, 0.29) is 11.4 Å². The lowest BCUT2D eigenvalue weighted by Crippen LogP contribution is -2.12. The number of benzene rings is 2. The van der Waals surface area contributed by atoms with Gasteiger partial charge in [0.1, 0.15) is 11.3 Å². The Kier molecular flexibility index (Phi) is 4.40. The molecule has 6 heteroatoms. The number of amides is 1. The molecule has 0 aliphatic heterocycles. The average molecular weight is 331 g/mol. The Balaban J connectivity index is 1.87. The van der Waals surface area contributed by atoms with Crippen LogP contribution in [0.3, 0.4) is 0 Å². The molecular weight excluding hydrogens is 318 g/mol. The standard InChI is InChI=1S/C19H13N3O3/c1-12-2-6-14(7-3-12)17-16(11-23)19(25-22-17)21-18(24)15-8-4-13(10-20)5-9-15/h2-9,11H,1H3,(H,21,24). The lowest BCUT2D eigenvalue weighted by Gasteiger charge is -2.02. The number of aromatic nitrogens is 1.